The molecule has 248 valence electrons. The quantitative estimate of drug-likeness (QED) is 0.0620. The van der Waals surface area contributed by atoms with E-state index < -0.39 is 33.1 Å². The third-order valence-corrected chi connectivity index (χ3v) is 9.76. The summed E-state index contributed by atoms with van der Waals surface area (Å²) in [6.45, 7) is 0.670. The second-order valence-corrected chi connectivity index (χ2v) is 13.4. The van der Waals surface area contributed by atoms with Crippen molar-refractivity contribution >= 4 is 27.3 Å². The van der Waals surface area contributed by atoms with Crippen LogP contribution in [0.15, 0.2) is 124 Å². The molecule has 0 saturated heterocycles. The smallest absolute Gasteiger partial charge is 0.252 e. The Bertz CT molecular complexity index is 1860. The van der Waals surface area contributed by atoms with Crippen molar-refractivity contribution in [3.05, 3.63) is 136 Å². The van der Waals surface area contributed by atoms with Crippen LogP contribution < -0.4 is 10.1 Å². The third-order valence-electron chi connectivity index (χ3n) is 8.03. The zero-order chi connectivity index (χ0) is 33.8. The molecule has 1 amide bonds. The van der Waals surface area contributed by atoms with E-state index in [4.69, 9.17) is 19.6 Å². The average Bonchev–Trinajstić information content (AvgIpc) is 3.51. The van der Waals surface area contributed by atoms with Crippen molar-refractivity contribution in [1.29, 1.82) is 0 Å². The zero-order valence-corrected chi connectivity index (χ0v) is 27.1. The number of nitrogens with zero attached hydrogens (tertiary/aromatic N) is 4. The average molecular weight is 668 g/mol. The molecule has 0 aliphatic carbocycles. The summed E-state index contributed by atoms with van der Waals surface area (Å²) in [6, 6.07) is 31.6. The molecule has 1 aliphatic heterocycles. The van der Waals surface area contributed by atoms with Gasteiger partial charge in [-0.1, -0.05) is 77.9 Å². The van der Waals surface area contributed by atoms with Crippen LogP contribution in [0.2, 0.25) is 0 Å². The second-order valence-electron chi connectivity index (χ2n) is 11.3. The van der Waals surface area contributed by atoms with Crippen LogP contribution in [0.3, 0.4) is 0 Å². The highest BCUT2D eigenvalue weighted by atomic mass is 32.2. The molecule has 1 aliphatic rings. The molecular weight excluding hydrogens is 630 g/mol. The van der Waals surface area contributed by atoms with Crippen LogP contribution in [-0.4, -0.2) is 56.4 Å². The van der Waals surface area contributed by atoms with Gasteiger partial charge in [0.25, 0.3) is 5.91 Å². The molecule has 12 heteroatoms. The first kappa shape index (κ1) is 34.2. The van der Waals surface area contributed by atoms with E-state index in [1.165, 1.54) is 12.1 Å². The predicted molar refractivity (Wildman–Crippen MR) is 183 cm³/mol. The molecule has 0 unspecified atom stereocenters. The maximum absolute atomic E-state index is 14.4. The summed E-state index contributed by atoms with van der Waals surface area (Å²) in [4.78, 5) is 22.4. The van der Waals surface area contributed by atoms with Crippen LogP contribution in [0.4, 0.5) is 5.69 Å². The molecule has 1 heterocycles. The summed E-state index contributed by atoms with van der Waals surface area (Å²) in [5.74, 6) is -0.188. The van der Waals surface area contributed by atoms with Crippen LogP contribution in [0.5, 0.6) is 5.75 Å². The number of aryl methyl sites for hydroxylation is 1. The molecule has 4 aromatic carbocycles. The van der Waals surface area contributed by atoms with Crippen LogP contribution >= 0.6 is 0 Å². The monoisotopic (exact) mass is 667 g/mol. The number of amides is 1. The lowest BCUT2D eigenvalue weighted by atomic mass is 9.84. The number of benzene rings is 4. The van der Waals surface area contributed by atoms with Gasteiger partial charge in [-0.05, 0) is 60.3 Å². The largest absolute Gasteiger partial charge is 0.494 e. The Kier molecular flexibility index (Phi) is 11.5. The van der Waals surface area contributed by atoms with E-state index >= 15 is 0 Å². The van der Waals surface area contributed by atoms with Gasteiger partial charge in [0.05, 0.1) is 17.3 Å². The molecule has 0 radical (unpaired) electrons. The highest BCUT2D eigenvalue weighted by Crippen LogP contribution is 2.46. The van der Waals surface area contributed by atoms with E-state index in [0.717, 1.165) is 12.0 Å². The molecule has 0 aromatic heterocycles. The first-order chi connectivity index (χ1) is 23.4. The van der Waals surface area contributed by atoms with Gasteiger partial charge in [-0.2, -0.15) is 0 Å². The number of aliphatic hydroxyl groups is 1. The minimum absolute atomic E-state index is 0.0117. The number of aliphatic hydroxyl groups excluding tert-OH is 1. The fraction of sp³-hybridized carbons (Fsp3) is 0.278. The summed E-state index contributed by atoms with van der Waals surface area (Å²) in [7, 11) is -3.83. The van der Waals surface area contributed by atoms with Crippen molar-refractivity contribution < 1.29 is 27.8 Å². The van der Waals surface area contributed by atoms with Gasteiger partial charge in [-0.3, -0.25) is 4.79 Å². The molecule has 0 fully saturated rings. The molecule has 5 rings (SSSR count). The van der Waals surface area contributed by atoms with Gasteiger partial charge in [-0.25, -0.2) is 13.4 Å². The van der Waals surface area contributed by atoms with Crippen molar-refractivity contribution in [3.8, 4) is 5.75 Å². The molecule has 0 bridgehead atoms. The molecule has 0 saturated carbocycles. The van der Waals surface area contributed by atoms with Gasteiger partial charge in [-0.15, -0.1) is 0 Å². The number of rotatable bonds is 16. The fourth-order valence-corrected chi connectivity index (χ4v) is 6.91. The summed E-state index contributed by atoms with van der Waals surface area (Å²) in [6.07, 6.45) is 0.532. The Balaban J connectivity index is 1.53. The summed E-state index contributed by atoms with van der Waals surface area (Å²) < 4.78 is 39.3. The molecule has 0 spiro atoms. The van der Waals surface area contributed by atoms with E-state index in [9.17, 15) is 18.7 Å². The maximum Gasteiger partial charge on any atom is 0.252 e. The van der Waals surface area contributed by atoms with Crippen molar-refractivity contribution in [2.45, 2.75) is 42.2 Å². The van der Waals surface area contributed by atoms with Crippen LogP contribution in [0.1, 0.15) is 42.1 Å². The SMILES string of the molecule is [N-]=[N+]=Nc1ccccc1[C@H]1OC(c2ccc(OCCCO)cc2)=N[C@@]1(CCS(=O)(=O)c1ccccc1)C(=O)NCCCc1ccccc1. The van der Waals surface area contributed by atoms with Crippen LogP contribution in [-0.2, 0) is 25.8 Å². The van der Waals surface area contributed by atoms with E-state index in [1.807, 2.05) is 30.3 Å². The van der Waals surface area contributed by atoms with Crippen molar-refractivity contribution in [2.75, 3.05) is 25.5 Å². The van der Waals surface area contributed by atoms with Crippen molar-refractivity contribution in [3.63, 3.8) is 0 Å². The Morgan fingerprint density at radius 3 is 2.35 bits per heavy atom. The Labute approximate surface area is 279 Å². The van der Waals surface area contributed by atoms with Crippen molar-refractivity contribution in [1.82, 2.24) is 5.32 Å². The first-order valence-electron chi connectivity index (χ1n) is 15.7. The highest BCUT2D eigenvalue weighted by molar-refractivity contribution is 7.91. The minimum Gasteiger partial charge on any atom is -0.494 e. The standard InChI is InChI=1S/C36H37N5O6S/c37-41-40-32-17-8-7-16-31(32)33-36(22-26-48(44,45)30-14-5-2-6-15-30,35(43)38-23-9-13-27-11-3-1-4-12-27)39-34(47-33)28-18-20-29(21-19-28)46-25-10-24-42/h1-8,11-12,14-21,33,42H,9-10,13,22-26H2,(H,38,43)/t33-,36-/m1/s1. The maximum atomic E-state index is 14.4. The van der Waals surface area contributed by atoms with Gasteiger partial charge < -0.3 is 19.9 Å². The van der Waals surface area contributed by atoms with E-state index in [2.05, 4.69) is 15.3 Å². The molecule has 48 heavy (non-hydrogen) atoms. The van der Waals surface area contributed by atoms with Gasteiger partial charge in [0, 0.05) is 47.7 Å². The third kappa shape index (κ3) is 8.21. The normalized spacial score (nSPS) is 17.1. The number of ether oxygens (including phenoxy) is 2. The van der Waals surface area contributed by atoms with Gasteiger partial charge in [0.2, 0.25) is 5.90 Å². The Morgan fingerprint density at radius 1 is 0.958 bits per heavy atom. The lowest BCUT2D eigenvalue weighted by Crippen LogP contribution is -2.49. The van der Waals surface area contributed by atoms with E-state index in [1.54, 1.807) is 66.7 Å². The minimum atomic E-state index is -3.83. The number of nitrogens with one attached hydrogen (secondary N) is 1. The summed E-state index contributed by atoms with van der Waals surface area (Å²) in [5, 5.41) is 15.9. The molecule has 2 atom stereocenters. The lowest BCUT2D eigenvalue weighted by molar-refractivity contribution is -0.129. The fourth-order valence-electron chi connectivity index (χ4n) is 5.52. The first-order valence-corrected chi connectivity index (χ1v) is 17.4. The zero-order valence-electron chi connectivity index (χ0n) is 26.3. The highest BCUT2D eigenvalue weighted by Gasteiger charge is 2.54. The molecule has 11 nitrogen and oxygen atoms in total. The second kappa shape index (κ2) is 16.1. The Hall–Kier alpha value is -5.16. The number of azide groups is 1. The summed E-state index contributed by atoms with van der Waals surface area (Å²) in [5.41, 5.74) is 9.91. The van der Waals surface area contributed by atoms with Gasteiger partial charge >= 0.3 is 0 Å². The number of carbonyl (C=O) groups excluding carboxylic acids is 1. The topological polar surface area (TPSA) is 163 Å². The van der Waals surface area contributed by atoms with Crippen LogP contribution in [0.25, 0.3) is 10.4 Å². The number of hydrogen-bond donors (Lipinski definition) is 2. The molecule has 2 N–H and O–H groups in total. The van der Waals surface area contributed by atoms with Gasteiger partial charge in [0.15, 0.2) is 21.5 Å². The number of sulfone groups is 1. The molecular formula is C36H37N5O6S. The van der Waals surface area contributed by atoms with Crippen molar-refractivity contribution in [2.24, 2.45) is 10.1 Å². The lowest BCUT2D eigenvalue weighted by Gasteiger charge is -2.31. The van der Waals surface area contributed by atoms with Crippen LogP contribution in [0, 0.1) is 0 Å². The number of carbonyl (C=O) groups is 1. The van der Waals surface area contributed by atoms with E-state index in [0.29, 0.717) is 42.9 Å². The summed E-state index contributed by atoms with van der Waals surface area (Å²) >= 11 is 0. The van der Waals surface area contributed by atoms with Gasteiger partial charge in [0.1, 0.15) is 5.75 Å². The number of aliphatic imine (C=N–C) groups is 1. The van der Waals surface area contributed by atoms with E-state index in [-0.39, 0.29) is 29.5 Å². The molecule has 4 aromatic rings. The predicted octanol–water partition coefficient (Wildman–Crippen LogP) is 6.26. The Morgan fingerprint density at radius 2 is 1.65 bits per heavy atom. The number of hydrogen-bond acceptors (Lipinski definition) is 8.